The maximum absolute atomic E-state index is 13.1. The van der Waals surface area contributed by atoms with Gasteiger partial charge in [-0.1, -0.05) is 18.6 Å². The van der Waals surface area contributed by atoms with Gasteiger partial charge in [0, 0.05) is 25.2 Å². The molecule has 1 aromatic carbocycles. The second-order valence-electron chi connectivity index (χ2n) is 6.26. The number of halogens is 1. The standard InChI is InChI=1S/C17H25FN2/c1-14(15-6-8-16(18)9-7-15)20-12-4-11-19-10-3-2-5-17(19)13-20/h6-9,14,17H,2-5,10-13H2,1H3. The quantitative estimate of drug-likeness (QED) is 0.816. The molecular weight excluding hydrogens is 251 g/mol. The predicted molar refractivity (Wildman–Crippen MR) is 80.2 cm³/mol. The van der Waals surface area contributed by atoms with Gasteiger partial charge in [0.2, 0.25) is 0 Å². The highest BCUT2D eigenvalue weighted by Crippen LogP contribution is 2.27. The van der Waals surface area contributed by atoms with Crippen LogP contribution in [0.25, 0.3) is 0 Å². The minimum Gasteiger partial charge on any atom is -0.299 e. The van der Waals surface area contributed by atoms with Crippen molar-refractivity contribution in [2.24, 2.45) is 0 Å². The van der Waals surface area contributed by atoms with E-state index in [-0.39, 0.29) is 5.82 Å². The zero-order valence-corrected chi connectivity index (χ0v) is 12.4. The molecule has 3 heteroatoms. The summed E-state index contributed by atoms with van der Waals surface area (Å²) in [5.74, 6) is -0.143. The van der Waals surface area contributed by atoms with E-state index in [0.29, 0.717) is 6.04 Å². The summed E-state index contributed by atoms with van der Waals surface area (Å²) in [4.78, 5) is 5.27. The van der Waals surface area contributed by atoms with Gasteiger partial charge in [0.05, 0.1) is 0 Å². The molecule has 2 unspecified atom stereocenters. The molecule has 0 radical (unpaired) electrons. The van der Waals surface area contributed by atoms with Crippen LogP contribution in [0.4, 0.5) is 4.39 Å². The molecule has 0 saturated carbocycles. The number of nitrogens with zero attached hydrogens (tertiary/aromatic N) is 2. The maximum atomic E-state index is 13.1. The first kappa shape index (κ1) is 14.0. The van der Waals surface area contributed by atoms with Crippen LogP contribution < -0.4 is 0 Å². The predicted octanol–water partition coefficient (Wildman–Crippen LogP) is 3.45. The highest BCUT2D eigenvalue weighted by atomic mass is 19.1. The summed E-state index contributed by atoms with van der Waals surface area (Å²) in [6.45, 7) is 7.11. The van der Waals surface area contributed by atoms with E-state index < -0.39 is 0 Å². The van der Waals surface area contributed by atoms with Crippen molar-refractivity contribution < 1.29 is 4.39 Å². The average Bonchev–Trinajstić information content (AvgIpc) is 2.69. The molecule has 2 aliphatic rings. The molecule has 3 rings (SSSR count). The van der Waals surface area contributed by atoms with Crippen LogP contribution in [0.5, 0.6) is 0 Å². The van der Waals surface area contributed by atoms with E-state index in [0.717, 1.165) is 12.6 Å². The Labute approximate surface area is 121 Å². The lowest BCUT2D eigenvalue weighted by Gasteiger charge is -2.37. The topological polar surface area (TPSA) is 6.48 Å². The molecule has 20 heavy (non-hydrogen) atoms. The molecule has 0 aliphatic carbocycles. The van der Waals surface area contributed by atoms with Gasteiger partial charge in [-0.15, -0.1) is 0 Å². The lowest BCUT2D eigenvalue weighted by Crippen LogP contribution is -2.44. The molecule has 2 aliphatic heterocycles. The second kappa shape index (κ2) is 6.23. The summed E-state index contributed by atoms with van der Waals surface area (Å²) in [5.41, 5.74) is 1.23. The van der Waals surface area contributed by atoms with Gasteiger partial charge in [-0.05, 0) is 57.0 Å². The van der Waals surface area contributed by atoms with Crippen molar-refractivity contribution in [3.8, 4) is 0 Å². The van der Waals surface area contributed by atoms with Gasteiger partial charge in [0.15, 0.2) is 0 Å². The van der Waals surface area contributed by atoms with Gasteiger partial charge >= 0.3 is 0 Å². The largest absolute Gasteiger partial charge is 0.299 e. The number of fused-ring (bicyclic) bond motifs is 1. The number of hydrogen-bond donors (Lipinski definition) is 0. The average molecular weight is 276 g/mol. The van der Waals surface area contributed by atoms with Crippen LogP contribution in [-0.2, 0) is 0 Å². The van der Waals surface area contributed by atoms with E-state index in [1.165, 1.54) is 50.9 Å². The van der Waals surface area contributed by atoms with E-state index >= 15 is 0 Å². The fourth-order valence-corrected chi connectivity index (χ4v) is 3.70. The van der Waals surface area contributed by atoms with Crippen LogP contribution in [-0.4, -0.2) is 42.0 Å². The smallest absolute Gasteiger partial charge is 0.123 e. The normalized spacial score (nSPS) is 26.8. The Hall–Kier alpha value is -0.930. The zero-order chi connectivity index (χ0) is 13.9. The molecule has 2 fully saturated rings. The Bertz CT molecular complexity index is 431. The van der Waals surface area contributed by atoms with E-state index in [2.05, 4.69) is 16.7 Å². The molecule has 2 nitrogen and oxygen atoms in total. The SMILES string of the molecule is CC(c1ccc(F)cc1)N1CCCN2CCCCC2C1. The number of rotatable bonds is 2. The number of piperidine rings is 1. The molecule has 0 bridgehead atoms. The highest BCUT2D eigenvalue weighted by molar-refractivity contribution is 5.19. The van der Waals surface area contributed by atoms with Crippen LogP contribution in [0.1, 0.15) is 44.2 Å². The molecule has 110 valence electrons. The van der Waals surface area contributed by atoms with E-state index in [4.69, 9.17) is 0 Å². The molecule has 1 aromatic rings. The summed E-state index contributed by atoms with van der Waals surface area (Å²) in [5, 5.41) is 0. The van der Waals surface area contributed by atoms with E-state index in [1.54, 1.807) is 12.1 Å². The van der Waals surface area contributed by atoms with Crippen molar-refractivity contribution in [2.75, 3.05) is 26.2 Å². The third kappa shape index (κ3) is 3.04. The Morgan fingerprint density at radius 3 is 2.60 bits per heavy atom. The third-order valence-electron chi connectivity index (χ3n) is 4.99. The van der Waals surface area contributed by atoms with Crippen molar-refractivity contribution in [3.63, 3.8) is 0 Å². The molecule has 2 saturated heterocycles. The monoisotopic (exact) mass is 276 g/mol. The summed E-state index contributed by atoms with van der Waals surface area (Å²) in [6.07, 6.45) is 5.33. The molecular formula is C17H25FN2. The first-order chi connectivity index (χ1) is 9.74. The maximum Gasteiger partial charge on any atom is 0.123 e. The van der Waals surface area contributed by atoms with Crippen LogP contribution in [0.15, 0.2) is 24.3 Å². The highest BCUT2D eigenvalue weighted by Gasteiger charge is 2.29. The summed E-state index contributed by atoms with van der Waals surface area (Å²) >= 11 is 0. The molecule has 0 amide bonds. The first-order valence-electron chi connectivity index (χ1n) is 7.97. The zero-order valence-electron chi connectivity index (χ0n) is 12.4. The van der Waals surface area contributed by atoms with Gasteiger partial charge in [-0.2, -0.15) is 0 Å². The van der Waals surface area contributed by atoms with Crippen LogP contribution in [0, 0.1) is 5.82 Å². The Morgan fingerprint density at radius 1 is 1.05 bits per heavy atom. The minimum absolute atomic E-state index is 0.143. The van der Waals surface area contributed by atoms with Crippen LogP contribution in [0.3, 0.4) is 0 Å². The van der Waals surface area contributed by atoms with E-state index in [1.807, 2.05) is 12.1 Å². The van der Waals surface area contributed by atoms with Gasteiger partial charge in [0.25, 0.3) is 0 Å². The molecule has 0 N–H and O–H groups in total. The van der Waals surface area contributed by atoms with Crippen molar-refractivity contribution in [2.45, 2.75) is 44.7 Å². The van der Waals surface area contributed by atoms with Crippen molar-refractivity contribution in [1.29, 1.82) is 0 Å². The molecule has 2 atom stereocenters. The summed E-state index contributed by atoms with van der Waals surface area (Å²) in [7, 11) is 0. The first-order valence-corrected chi connectivity index (χ1v) is 7.97. The molecule has 0 aromatic heterocycles. The van der Waals surface area contributed by atoms with Gasteiger partial charge in [-0.25, -0.2) is 4.39 Å². The second-order valence-corrected chi connectivity index (χ2v) is 6.26. The van der Waals surface area contributed by atoms with Gasteiger partial charge in [-0.3, -0.25) is 9.80 Å². The van der Waals surface area contributed by atoms with E-state index in [9.17, 15) is 4.39 Å². The Kier molecular flexibility index (Phi) is 4.37. The van der Waals surface area contributed by atoms with Gasteiger partial charge < -0.3 is 0 Å². The Morgan fingerprint density at radius 2 is 1.80 bits per heavy atom. The fraction of sp³-hybridized carbons (Fsp3) is 0.647. The number of benzene rings is 1. The van der Waals surface area contributed by atoms with Crippen LogP contribution in [0.2, 0.25) is 0 Å². The molecule has 2 heterocycles. The summed E-state index contributed by atoms with van der Waals surface area (Å²) < 4.78 is 13.1. The third-order valence-corrected chi connectivity index (χ3v) is 4.99. The fourth-order valence-electron chi connectivity index (χ4n) is 3.70. The number of hydrogen-bond acceptors (Lipinski definition) is 2. The summed E-state index contributed by atoms with van der Waals surface area (Å²) in [6, 6.07) is 8.15. The van der Waals surface area contributed by atoms with Crippen molar-refractivity contribution in [1.82, 2.24) is 9.80 Å². The minimum atomic E-state index is -0.143. The van der Waals surface area contributed by atoms with Crippen LogP contribution >= 0.6 is 0 Å². The molecule has 0 spiro atoms. The van der Waals surface area contributed by atoms with Crippen molar-refractivity contribution in [3.05, 3.63) is 35.6 Å². The van der Waals surface area contributed by atoms with Crippen molar-refractivity contribution >= 4 is 0 Å². The lowest BCUT2D eigenvalue weighted by atomic mass is 10.0. The van der Waals surface area contributed by atoms with Gasteiger partial charge in [0.1, 0.15) is 5.82 Å². The Balaban J connectivity index is 1.70. The lowest BCUT2D eigenvalue weighted by molar-refractivity contribution is 0.123.